The molecule has 2 aromatic rings. The predicted molar refractivity (Wildman–Crippen MR) is 71.6 cm³/mol. The minimum Gasteiger partial charge on any atom is -0.489 e. The van der Waals surface area contributed by atoms with Crippen LogP contribution in [-0.4, -0.2) is 5.97 Å². The van der Waals surface area contributed by atoms with Gasteiger partial charge < -0.3 is 9.47 Å². The summed E-state index contributed by atoms with van der Waals surface area (Å²) in [7, 11) is 0. The van der Waals surface area contributed by atoms with Crippen molar-refractivity contribution in [3.63, 3.8) is 0 Å². The number of carbonyl (C=O) groups excluding carboxylic acids is 1. The topological polar surface area (TPSA) is 35.5 Å². The summed E-state index contributed by atoms with van der Waals surface area (Å²) in [5, 5.41) is 0. The fourth-order valence-corrected chi connectivity index (χ4v) is 1.53. The maximum Gasteiger partial charge on any atom is 0.389 e. The fourth-order valence-electron chi connectivity index (χ4n) is 1.53. The van der Waals surface area contributed by atoms with Crippen molar-refractivity contribution in [2.75, 3.05) is 0 Å². The van der Waals surface area contributed by atoms with Gasteiger partial charge in [-0.1, -0.05) is 12.1 Å². The summed E-state index contributed by atoms with van der Waals surface area (Å²) in [6.07, 6.45) is 4.89. The van der Waals surface area contributed by atoms with Crippen molar-refractivity contribution in [2.45, 2.75) is 6.61 Å². The summed E-state index contributed by atoms with van der Waals surface area (Å²) in [5.74, 6) is 1.71. The molecule has 100 valence electrons. The van der Waals surface area contributed by atoms with Crippen LogP contribution in [0.15, 0.2) is 48.5 Å². The molecule has 0 amide bonds. The van der Waals surface area contributed by atoms with Gasteiger partial charge in [0.2, 0.25) is 0 Å². The molecule has 0 heterocycles. The maximum atomic E-state index is 13.0. The van der Waals surface area contributed by atoms with Gasteiger partial charge in [0.1, 0.15) is 23.9 Å². The second-order valence-corrected chi connectivity index (χ2v) is 3.92. The lowest BCUT2D eigenvalue weighted by Gasteiger charge is -2.07. The molecule has 0 aliphatic heterocycles. The maximum absolute atomic E-state index is 13.0. The van der Waals surface area contributed by atoms with Gasteiger partial charge in [-0.25, -0.2) is 9.18 Å². The van der Waals surface area contributed by atoms with Gasteiger partial charge in [-0.15, -0.1) is 6.42 Å². The van der Waals surface area contributed by atoms with Gasteiger partial charge in [0.05, 0.1) is 0 Å². The molecule has 2 rings (SSSR count). The van der Waals surface area contributed by atoms with Crippen LogP contribution >= 0.6 is 0 Å². The average Bonchev–Trinajstić information content (AvgIpc) is 2.46. The summed E-state index contributed by atoms with van der Waals surface area (Å²) < 4.78 is 23.3. The first-order valence-electron chi connectivity index (χ1n) is 5.83. The van der Waals surface area contributed by atoms with E-state index < -0.39 is 5.97 Å². The second-order valence-electron chi connectivity index (χ2n) is 3.92. The van der Waals surface area contributed by atoms with Gasteiger partial charge in [0, 0.05) is 5.92 Å². The molecule has 4 heteroatoms. The normalized spacial score (nSPS) is 9.60. The zero-order valence-electron chi connectivity index (χ0n) is 10.5. The van der Waals surface area contributed by atoms with E-state index in [2.05, 4.69) is 0 Å². The van der Waals surface area contributed by atoms with Gasteiger partial charge >= 0.3 is 5.97 Å². The molecule has 0 saturated heterocycles. The third-order valence-electron chi connectivity index (χ3n) is 2.45. The Kier molecular flexibility index (Phi) is 4.35. The van der Waals surface area contributed by atoms with E-state index in [9.17, 15) is 9.18 Å². The molecule has 0 aromatic heterocycles. The highest BCUT2D eigenvalue weighted by atomic mass is 19.1. The number of hydrogen-bond acceptors (Lipinski definition) is 3. The van der Waals surface area contributed by atoms with Crippen molar-refractivity contribution in [1.29, 1.82) is 0 Å². The summed E-state index contributed by atoms with van der Waals surface area (Å²) in [5.41, 5.74) is 0.729. The van der Waals surface area contributed by atoms with E-state index >= 15 is 0 Å². The van der Waals surface area contributed by atoms with Crippen LogP contribution in [0, 0.1) is 18.2 Å². The number of rotatable bonds is 4. The van der Waals surface area contributed by atoms with Crippen molar-refractivity contribution < 1.29 is 18.7 Å². The number of halogens is 1. The Morgan fingerprint density at radius 2 is 1.85 bits per heavy atom. The highest BCUT2D eigenvalue weighted by Gasteiger charge is 2.01. The molecule has 0 atom stereocenters. The Morgan fingerprint density at radius 3 is 2.50 bits per heavy atom. The minimum atomic E-state index is -0.751. The molecule has 0 N–H and O–H groups in total. The molecule has 2 aromatic carbocycles. The molecular weight excluding hydrogens is 259 g/mol. The molecular formula is C16H11FO3. The Morgan fingerprint density at radius 1 is 1.15 bits per heavy atom. The molecule has 0 saturated carbocycles. The van der Waals surface area contributed by atoms with E-state index in [0.29, 0.717) is 11.5 Å². The number of carbonyl (C=O) groups is 1. The van der Waals surface area contributed by atoms with E-state index in [4.69, 9.17) is 15.9 Å². The number of benzene rings is 2. The zero-order valence-corrected chi connectivity index (χ0v) is 10.5. The highest BCUT2D eigenvalue weighted by Crippen LogP contribution is 2.19. The summed E-state index contributed by atoms with van der Waals surface area (Å²) in [6.45, 7) is 0.251. The van der Waals surface area contributed by atoms with Crippen molar-refractivity contribution in [3.05, 3.63) is 59.9 Å². The van der Waals surface area contributed by atoms with Crippen LogP contribution in [0.3, 0.4) is 0 Å². The summed E-state index contributed by atoms with van der Waals surface area (Å²) in [4.78, 5) is 10.9. The van der Waals surface area contributed by atoms with E-state index in [1.165, 1.54) is 12.1 Å². The summed E-state index contributed by atoms with van der Waals surface area (Å²) in [6, 6.07) is 12.6. The molecule has 0 fully saturated rings. The number of ether oxygens (including phenoxy) is 2. The first-order valence-corrected chi connectivity index (χ1v) is 5.83. The molecule has 0 unspecified atom stereocenters. The largest absolute Gasteiger partial charge is 0.489 e. The average molecular weight is 270 g/mol. The third-order valence-corrected chi connectivity index (χ3v) is 2.45. The van der Waals surface area contributed by atoms with Crippen LogP contribution in [-0.2, 0) is 11.4 Å². The van der Waals surface area contributed by atoms with Crippen LogP contribution in [0.4, 0.5) is 4.39 Å². The van der Waals surface area contributed by atoms with Crippen molar-refractivity contribution in [3.8, 4) is 23.8 Å². The van der Waals surface area contributed by atoms with E-state index in [1.54, 1.807) is 36.4 Å². The minimum absolute atomic E-state index is 0.251. The molecule has 0 spiro atoms. The lowest BCUT2D eigenvalue weighted by molar-refractivity contribution is -0.128. The lowest BCUT2D eigenvalue weighted by atomic mass is 10.2. The monoisotopic (exact) mass is 270 g/mol. The molecule has 0 aliphatic rings. The van der Waals surface area contributed by atoms with Crippen LogP contribution in [0.25, 0.3) is 0 Å². The van der Waals surface area contributed by atoms with Crippen LogP contribution in [0.5, 0.6) is 11.5 Å². The summed E-state index contributed by atoms with van der Waals surface area (Å²) >= 11 is 0. The Hall–Kier alpha value is -2.80. The van der Waals surface area contributed by atoms with Crippen molar-refractivity contribution in [2.24, 2.45) is 0 Å². The number of esters is 1. The van der Waals surface area contributed by atoms with Crippen LogP contribution in [0.2, 0.25) is 0 Å². The third kappa shape index (κ3) is 3.85. The molecule has 3 nitrogen and oxygen atoms in total. The van der Waals surface area contributed by atoms with Crippen LogP contribution in [0.1, 0.15) is 5.56 Å². The molecule has 0 aliphatic carbocycles. The SMILES string of the molecule is C#CC(=O)Oc1ccc(OCc2cccc(F)c2)cc1. The molecule has 20 heavy (non-hydrogen) atoms. The Labute approximate surface area is 116 Å². The highest BCUT2D eigenvalue weighted by molar-refractivity contribution is 5.89. The van der Waals surface area contributed by atoms with Gasteiger partial charge in [-0.05, 0) is 42.0 Å². The first kappa shape index (κ1) is 13.6. The molecule has 0 bridgehead atoms. The van der Waals surface area contributed by atoms with E-state index in [-0.39, 0.29) is 12.4 Å². The smallest absolute Gasteiger partial charge is 0.389 e. The van der Waals surface area contributed by atoms with Gasteiger partial charge in [0.15, 0.2) is 0 Å². The van der Waals surface area contributed by atoms with Crippen molar-refractivity contribution >= 4 is 5.97 Å². The van der Waals surface area contributed by atoms with E-state index in [1.807, 2.05) is 5.92 Å². The standard InChI is InChI=1S/C16H11FO3/c1-2-16(18)20-15-8-6-14(7-9-15)19-11-12-4-3-5-13(17)10-12/h1,3-10H,11H2. The number of terminal acetylenes is 1. The number of hydrogen-bond donors (Lipinski definition) is 0. The van der Waals surface area contributed by atoms with E-state index in [0.717, 1.165) is 5.56 Å². The van der Waals surface area contributed by atoms with Gasteiger partial charge in [0.25, 0.3) is 0 Å². The van der Waals surface area contributed by atoms with Gasteiger partial charge in [-0.3, -0.25) is 0 Å². The fraction of sp³-hybridized carbons (Fsp3) is 0.0625. The van der Waals surface area contributed by atoms with Crippen molar-refractivity contribution in [1.82, 2.24) is 0 Å². The zero-order chi connectivity index (χ0) is 14.4. The first-order chi connectivity index (χ1) is 9.67. The Balaban J connectivity index is 1.94. The lowest BCUT2D eigenvalue weighted by Crippen LogP contribution is -2.03. The van der Waals surface area contributed by atoms with Gasteiger partial charge in [-0.2, -0.15) is 0 Å². The second kappa shape index (κ2) is 6.39. The quantitative estimate of drug-likeness (QED) is 0.371. The van der Waals surface area contributed by atoms with Crippen LogP contribution < -0.4 is 9.47 Å². The predicted octanol–water partition coefficient (Wildman–Crippen LogP) is 2.94. The Bertz CT molecular complexity index is 642. The molecule has 0 radical (unpaired) electrons.